The molecular weight excluding hydrogens is 454 g/mol. The van der Waals surface area contributed by atoms with Gasteiger partial charge in [0.1, 0.15) is 17.6 Å². The molecule has 5 nitrogen and oxygen atoms in total. The number of aromatic nitrogens is 2. The zero-order valence-corrected chi connectivity index (χ0v) is 18.7. The molecule has 1 aromatic heterocycles. The summed E-state index contributed by atoms with van der Waals surface area (Å²) in [6.45, 7) is 0.481. The molecule has 152 valence electrons. The van der Waals surface area contributed by atoms with Crippen LogP contribution >= 0.6 is 27.5 Å². The van der Waals surface area contributed by atoms with Crippen molar-refractivity contribution in [2.75, 3.05) is 13.7 Å². The van der Waals surface area contributed by atoms with Gasteiger partial charge in [0, 0.05) is 42.4 Å². The molecule has 0 bridgehead atoms. The Bertz CT molecular complexity index is 941. The van der Waals surface area contributed by atoms with Crippen molar-refractivity contribution in [3.8, 4) is 5.75 Å². The van der Waals surface area contributed by atoms with Crippen LogP contribution in [0.5, 0.6) is 5.75 Å². The van der Waals surface area contributed by atoms with Gasteiger partial charge in [-0.3, -0.25) is 4.79 Å². The number of carbonyl (C=O) groups excluding carboxylic acids is 1. The number of hydrogen-bond acceptors (Lipinski definition) is 3. The third kappa shape index (κ3) is 5.61. The van der Waals surface area contributed by atoms with E-state index in [0.717, 1.165) is 21.6 Å². The first-order chi connectivity index (χ1) is 14.0. The van der Waals surface area contributed by atoms with Gasteiger partial charge in [-0.2, -0.15) is 0 Å². The molecule has 0 aliphatic heterocycles. The Hall–Kier alpha value is -2.31. The lowest BCUT2D eigenvalue weighted by atomic mass is 10.0. The highest BCUT2D eigenvalue weighted by molar-refractivity contribution is 9.10. The van der Waals surface area contributed by atoms with Gasteiger partial charge >= 0.3 is 0 Å². The molecule has 1 heterocycles. The highest BCUT2D eigenvalue weighted by Crippen LogP contribution is 2.28. The molecule has 0 aliphatic carbocycles. The number of amides is 1. The quantitative estimate of drug-likeness (QED) is 0.418. The fraction of sp³-hybridized carbons (Fsp3) is 0.273. The topological polar surface area (TPSA) is 47.4 Å². The minimum Gasteiger partial charge on any atom is -0.494 e. The minimum atomic E-state index is -0.285. The summed E-state index contributed by atoms with van der Waals surface area (Å²) in [5.74, 6) is 1.63. The molecule has 2 aromatic carbocycles. The second-order valence-corrected chi connectivity index (χ2v) is 8.11. The highest BCUT2D eigenvalue weighted by atomic mass is 79.9. The largest absolute Gasteiger partial charge is 0.494 e. The van der Waals surface area contributed by atoms with Crippen molar-refractivity contribution in [2.24, 2.45) is 7.05 Å². The second kappa shape index (κ2) is 9.94. The summed E-state index contributed by atoms with van der Waals surface area (Å²) in [4.78, 5) is 19.1. The SMILES string of the molecule is CN(C(=O)CCCOc1ccc(Br)cc1)C(c1ccc(Cl)cc1)c1nccn1C. The van der Waals surface area contributed by atoms with Crippen LogP contribution in [0.1, 0.15) is 30.3 Å². The van der Waals surface area contributed by atoms with Crippen molar-refractivity contribution in [3.05, 3.63) is 81.8 Å². The zero-order chi connectivity index (χ0) is 20.8. The van der Waals surface area contributed by atoms with Crippen LogP contribution in [0, 0.1) is 0 Å². The van der Waals surface area contributed by atoms with E-state index in [0.29, 0.717) is 24.5 Å². The first-order valence-corrected chi connectivity index (χ1v) is 10.5. The number of benzene rings is 2. The maximum absolute atomic E-state index is 12.9. The fourth-order valence-electron chi connectivity index (χ4n) is 3.10. The standard InChI is InChI=1S/C22H23BrClN3O2/c1-26-14-13-25-22(26)21(16-5-9-18(24)10-6-16)27(2)20(28)4-3-15-29-19-11-7-17(23)8-12-19/h5-14,21H,3-4,15H2,1-2H3. The third-order valence-electron chi connectivity index (χ3n) is 4.69. The summed E-state index contributed by atoms with van der Waals surface area (Å²) < 4.78 is 8.65. The van der Waals surface area contributed by atoms with E-state index in [4.69, 9.17) is 16.3 Å². The lowest BCUT2D eigenvalue weighted by molar-refractivity contribution is -0.131. The van der Waals surface area contributed by atoms with E-state index < -0.39 is 0 Å². The monoisotopic (exact) mass is 475 g/mol. The number of imidazole rings is 1. The first-order valence-electron chi connectivity index (χ1n) is 9.32. The Morgan fingerprint density at radius 2 is 1.90 bits per heavy atom. The molecule has 7 heteroatoms. The molecule has 0 saturated heterocycles. The average Bonchev–Trinajstić information content (AvgIpc) is 3.13. The Morgan fingerprint density at radius 1 is 1.21 bits per heavy atom. The third-order valence-corrected chi connectivity index (χ3v) is 5.47. The molecule has 1 unspecified atom stereocenters. The van der Waals surface area contributed by atoms with Crippen LogP contribution in [0.25, 0.3) is 0 Å². The molecule has 0 aliphatic rings. The zero-order valence-electron chi connectivity index (χ0n) is 16.4. The molecular formula is C22H23BrClN3O2. The summed E-state index contributed by atoms with van der Waals surface area (Å²) in [5.41, 5.74) is 0.964. The number of halogens is 2. The van der Waals surface area contributed by atoms with E-state index in [-0.39, 0.29) is 11.9 Å². The molecule has 3 rings (SSSR count). The van der Waals surface area contributed by atoms with Crippen LogP contribution in [0.15, 0.2) is 65.4 Å². The van der Waals surface area contributed by atoms with Gasteiger partial charge in [0.05, 0.1) is 6.61 Å². The fourth-order valence-corrected chi connectivity index (χ4v) is 3.49. The molecule has 0 radical (unpaired) electrons. The van der Waals surface area contributed by atoms with Gasteiger partial charge in [-0.1, -0.05) is 39.7 Å². The molecule has 0 spiro atoms. The summed E-state index contributed by atoms with van der Waals surface area (Å²) >= 11 is 9.44. The van der Waals surface area contributed by atoms with Gasteiger partial charge in [-0.15, -0.1) is 0 Å². The maximum Gasteiger partial charge on any atom is 0.223 e. The smallest absolute Gasteiger partial charge is 0.223 e. The number of ether oxygens (including phenoxy) is 1. The Labute approximate surface area is 184 Å². The van der Waals surface area contributed by atoms with Crippen LogP contribution < -0.4 is 4.74 Å². The van der Waals surface area contributed by atoms with Crippen molar-refractivity contribution in [1.29, 1.82) is 0 Å². The molecule has 1 amide bonds. The lowest BCUT2D eigenvalue weighted by Crippen LogP contribution is -2.33. The van der Waals surface area contributed by atoms with Gasteiger partial charge in [0.15, 0.2) is 0 Å². The van der Waals surface area contributed by atoms with Crippen molar-refractivity contribution in [2.45, 2.75) is 18.9 Å². The van der Waals surface area contributed by atoms with Gasteiger partial charge in [0.2, 0.25) is 5.91 Å². The van der Waals surface area contributed by atoms with E-state index in [1.165, 1.54) is 0 Å². The van der Waals surface area contributed by atoms with Crippen LogP contribution in [-0.2, 0) is 11.8 Å². The van der Waals surface area contributed by atoms with E-state index in [1.807, 2.05) is 73.4 Å². The van der Waals surface area contributed by atoms with Crippen LogP contribution in [0.4, 0.5) is 0 Å². The van der Waals surface area contributed by atoms with Crippen molar-refractivity contribution >= 4 is 33.4 Å². The van der Waals surface area contributed by atoms with Crippen LogP contribution in [0.3, 0.4) is 0 Å². The minimum absolute atomic E-state index is 0.0346. The summed E-state index contributed by atoms with van der Waals surface area (Å²) in [5, 5.41) is 0.659. The van der Waals surface area contributed by atoms with Crippen LogP contribution in [0.2, 0.25) is 5.02 Å². The van der Waals surface area contributed by atoms with E-state index in [2.05, 4.69) is 20.9 Å². The second-order valence-electron chi connectivity index (χ2n) is 6.76. The number of carbonyl (C=O) groups is 1. The first kappa shape index (κ1) is 21.4. The number of hydrogen-bond donors (Lipinski definition) is 0. The predicted molar refractivity (Wildman–Crippen MR) is 118 cm³/mol. The lowest BCUT2D eigenvalue weighted by Gasteiger charge is -2.28. The van der Waals surface area contributed by atoms with Crippen molar-refractivity contribution in [3.63, 3.8) is 0 Å². The summed E-state index contributed by atoms with van der Waals surface area (Å²) in [7, 11) is 3.74. The summed E-state index contributed by atoms with van der Waals surface area (Å²) in [6.07, 6.45) is 4.64. The molecule has 0 fully saturated rings. The average molecular weight is 477 g/mol. The van der Waals surface area contributed by atoms with Gasteiger partial charge < -0.3 is 14.2 Å². The predicted octanol–water partition coefficient (Wildman–Crippen LogP) is 5.24. The molecule has 1 atom stereocenters. The highest BCUT2D eigenvalue weighted by Gasteiger charge is 2.26. The van der Waals surface area contributed by atoms with Crippen molar-refractivity contribution in [1.82, 2.24) is 14.5 Å². The molecule has 0 N–H and O–H groups in total. The Kier molecular flexibility index (Phi) is 7.34. The van der Waals surface area contributed by atoms with E-state index in [1.54, 1.807) is 11.1 Å². The van der Waals surface area contributed by atoms with Crippen LogP contribution in [-0.4, -0.2) is 34.0 Å². The molecule has 3 aromatic rings. The van der Waals surface area contributed by atoms with Crippen molar-refractivity contribution < 1.29 is 9.53 Å². The normalized spacial score (nSPS) is 11.9. The Morgan fingerprint density at radius 3 is 2.52 bits per heavy atom. The summed E-state index contributed by atoms with van der Waals surface area (Å²) in [6, 6.07) is 14.9. The van der Waals surface area contributed by atoms with E-state index in [9.17, 15) is 4.79 Å². The van der Waals surface area contributed by atoms with Gasteiger partial charge in [-0.05, 0) is 48.4 Å². The molecule has 0 saturated carbocycles. The molecule has 29 heavy (non-hydrogen) atoms. The number of nitrogens with zero attached hydrogens (tertiary/aromatic N) is 3. The maximum atomic E-state index is 12.9. The van der Waals surface area contributed by atoms with Gasteiger partial charge in [0.25, 0.3) is 0 Å². The number of rotatable bonds is 8. The van der Waals surface area contributed by atoms with E-state index >= 15 is 0 Å². The van der Waals surface area contributed by atoms with Gasteiger partial charge in [-0.25, -0.2) is 4.98 Å². The Balaban J connectivity index is 1.64. The number of aryl methyl sites for hydroxylation is 1.